The second-order valence-corrected chi connectivity index (χ2v) is 5.29. The van der Waals surface area contributed by atoms with Crippen LogP contribution >= 0.6 is 15.6 Å². The first-order valence-corrected chi connectivity index (χ1v) is 7.59. The fourth-order valence-electron chi connectivity index (χ4n) is 0.859. The number of nitrogens with two attached hydrogens (primary N) is 1. The van der Waals surface area contributed by atoms with E-state index in [1.54, 1.807) is 0 Å². The largest absolute Gasteiger partial charge is 0.472 e. The molecule has 0 spiro atoms. The molecule has 0 aliphatic carbocycles. The summed E-state index contributed by atoms with van der Waals surface area (Å²) in [5.41, 5.74) is 0. The second-order valence-electron chi connectivity index (χ2n) is 2.91. The smallest absolute Gasteiger partial charge is 0.351 e. The Morgan fingerprint density at radius 3 is 1.79 bits per heavy atom. The van der Waals surface area contributed by atoms with Gasteiger partial charge in [-0.15, -0.1) is 0 Å². The summed E-state index contributed by atoms with van der Waals surface area (Å²) in [7, 11) is -9.16. The Morgan fingerprint density at radius 2 is 1.47 bits per heavy atom. The van der Waals surface area contributed by atoms with Crippen LogP contribution in [0, 0.1) is 0 Å². The highest BCUT2D eigenvalue weighted by Crippen LogP contribution is 2.45. The van der Waals surface area contributed by atoms with Gasteiger partial charge < -0.3 is 33.9 Å². The Labute approximate surface area is 107 Å². The van der Waals surface area contributed by atoms with E-state index in [0.717, 1.165) is 7.11 Å². The van der Waals surface area contributed by atoms with Crippen molar-refractivity contribution in [3.05, 3.63) is 0 Å². The first-order valence-electron chi connectivity index (χ1n) is 4.53. The normalized spacial score (nSPS) is 14.9. The molecule has 0 aromatic carbocycles. The van der Waals surface area contributed by atoms with Crippen molar-refractivity contribution < 1.29 is 52.1 Å². The Morgan fingerprint density at radius 1 is 1.00 bits per heavy atom. The molecule has 0 rings (SSSR count). The predicted octanol–water partition coefficient (Wildman–Crippen LogP) is -1.59. The maximum absolute atomic E-state index is 10.7. The molecule has 116 valence electrons. The number of hydrogen-bond donors (Lipinski definition) is 5. The number of phosphoric acid groups is 2. The third-order valence-electron chi connectivity index (χ3n) is 1.42. The summed E-state index contributed by atoms with van der Waals surface area (Å²) in [4.78, 5) is 38.6. The van der Waals surface area contributed by atoms with Gasteiger partial charge in [0.25, 0.3) is 0 Å². The number of ether oxygens (including phenoxy) is 2. The molecule has 1 atom stereocenters. The minimum atomic E-state index is -5.10. The van der Waals surface area contributed by atoms with E-state index in [2.05, 4.69) is 18.6 Å². The maximum Gasteiger partial charge on any atom is 0.472 e. The number of hydrogen-bond acceptors (Lipinski definition) is 8. The molecule has 0 radical (unpaired) electrons. The Balaban J connectivity index is 4.76. The van der Waals surface area contributed by atoms with Gasteiger partial charge in [-0.25, -0.2) is 15.0 Å². The lowest BCUT2D eigenvalue weighted by Crippen LogP contribution is -2.35. The third kappa shape index (κ3) is 10.5. The highest BCUT2D eigenvalue weighted by Gasteiger charge is 2.36. The van der Waals surface area contributed by atoms with Gasteiger partial charge in [0, 0.05) is 7.11 Å². The van der Waals surface area contributed by atoms with E-state index in [4.69, 9.17) is 30.2 Å². The molecule has 19 heavy (non-hydrogen) atoms. The molecule has 0 aliphatic heterocycles. The minimum Gasteiger partial charge on any atom is -0.351 e. The van der Waals surface area contributed by atoms with Gasteiger partial charge in [-0.05, 0) is 0 Å². The monoisotopic (exact) mass is 327 g/mol. The molecule has 0 heterocycles. The molecule has 0 aromatic heterocycles. The number of rotatable bonds is 10. The van der Waals surface area contributed by atoms with Crippen LogP contribution in [0.3, 0.4) is 0 Å². The zero-order valence-corrected chi connectivity index (χ0v) is 11.5. The summed E-state index contributed by atoms with van der Waals surface area (Å²) in [6.07, 6.45) is -3.79. The van der Waals surface area contributed by atoms with Crippen molar-refractivity contribution in [2.75, 3.05) is 20.3 Å². The van der Waals surface area contributed by atoms with Gasteiger partial charge >= 0.3 is 15.6 Å². The number of phosphoric ester groups is 2. The van der Waals surface area contributed by atoms with Gasteiger partial charge in [0.2, 0.25) is 12.6 Å². The summed E-state index contributed by atoms with van der Waals surface area (Å²) < 4.78 is 38.8. The molecule has 0 fully saturated rings. The van der Waals surface area contributed by atoms with Crippen molar-refractivity contribution in [3.8, 4) is 0 Å². The highest BCUT2D eigenvalue weighted by atomic mass is 31.2. The quantitative estimate of drug-likeness (QED) is 0.134. The van der Waals surface area contributed by atoms with Crippen LogP contribution in [0.25, 0.3) is 0 Å². The molecule has 0 bridgehead atoms. The molecule has 1 unspecified atom stereocenters. The third-order valence-corrected chi connectivity index (χ3v) is 2.39. The summed E-state index contributed by atoms with van der Waals surface area (Å²) in [6.45, 7) is -0.320. The predicted molar refractivity (Wildman–Crippen MR) is 56.9 cm³/mol. The zero-order valence-electron chi connectivity index (χ0n) is 9.69. The fraction of sp³-hybridized carbons (Fsp3) is 1.00. The summed E-state index contributed by atoms with van der Waals surface area (Å²) in [5, 5.41) is 0. The molecular weight excluding hydrogens is 312 g/mol. The van der Waals surface area contributed by atoms with Crippen molar-refractivity contribution in [1.29, 1.82) is 0 Å². The van der Waals surface area contributed by atoms with Crippen LogP contribution in [-0.4, -0.2) is 52.5 Å². The van der Waals surface area contributed by atoms with Crippen molar-refractivity contribution in [2.45, 2.75) is 12.6 Å². The van der Waals surface area contributed by atoms with Gasteiger partial charge in [-0.1, -0.05) is 0 Å². The first-order chi connectivity index (χ1) is 8.59. The van der Waals surface area contributed by atoms with Crippen molar-refractivity contribution in [2.24, 2.45) is 5.90 Å². The maximum atomic E-state index is 10.7. The highest BCUT2D eigenvalue weighted by molar-refractivity contribution is 7.47. The molecule has 0 amide bonds. The summed E-state index contributed by atoms with van der Waals surface area (Å²) in [6, 6.07) is 0. The second kappa shape index (κ2) is 8.37. The van der Waals surface area contributed by atoms with E-state index >= 15 is 0 Å². The van der Waals surface area contributed by atoms with Gasteiger partial charge in [-0.2, -0.15) is 0 Å². The first kappa shape index (κ1) is 19.1. The van der Waals surface area contributed by atoms with E-state index in [9.17, 15) is 9.13 Å². The fourth-order valence-corrected chi connectivity index (χ4v) is 1.75. The van der Waals surface area contributed by atoms with Gasteiger partial charge in [-0.3, -0.25) is 9.05 Å². The van der Waals surface area contributed by atoms with Crippen LogP contribution < -0.4 is 5.90 Å². The lowest BCUT2D eigenvalue weighted by Gasteiger charge is -2.25. The van der Waals surface area contributed by atoms with E-state index in [0.29, 0.717) is 0 Å². The topological polar surface area (TPSA) is 187 Å². The Bertz CT molecular complexity index is 314. The van der Waals surface area contributed by atoms with Gasteiger partial charge in [0.1, 0.15) is 0 Å². The lowest BCUT2D eigenvalue weighted by atomic mass is 10.6. The molecule has 14 heteroatoms. The number of methoxy groups -OCH3 is 1. The molecule has 0 saturated carbocycles. The van der Waals surface area contributed by atoms with E-state index in [1.807, 2.05) is 0 Å². The molecular formula is C5H15NO11P2. The molecule has 0 aromatic rings. The van der Waals surface area contributed by atoms with Crippen LogP contribution in [0.15, 0.2) is 0 Å². The molecule has 0 saturated heterocycles. The SMILES string of the molecule is COC(OCCON)C(OP(=O)(O)O)OP(=O)(O)O. The van der Waals surface area contributed by atoms with Crippen LogP contribution in [0.5, 0.6) is 0 Å². The van der Waals surface area contributed by atoms with E-state index in [1.165, 1.54) is 0 Å². The minimum absolute atomic E-state index is 0.113. The molecule has 0 aliphatic rings. The summed E-state index contributed by atoms with van der Waals surface area (Å²) in [5.74, 6) is 4.70. The van der Waals surface area contributed by atoms with Crippen LogP contribution in [0.1, 0.15) is 0 Å². The average molecular weight is 327 g/mol. The van der Waals surface area contributed by atoms with E-state index < -0.39 is 28.2 Å². The van der Waals surface area contributed by atoms with Crippen molar-refractivity contribution >= 4 is 15.6 Å². The van der Waals surface area contributed by atoms with Gasteiger partial charge in [0.15, 0.2) is 0 Å². The standard InChI is InChI=1S/C5H15NO11P2/c1-13-4(14-2-3-15-6)5(16-18(7,8)9)17-19(10,11)12/h4-5H,2-3,6H2,1H3,(H2,7,8,9)(H2,10,11,12). The Hall–Kier alpha value is 0.0600. The summed E-state index contributed by atoms with van der Waals surface area (Å²) >= 11 is 0. The van der Waals surface area contributed by atoms with Crippen molar-refractivity contribution in [3.63, 3.8) is 0 Å². The lowest BCUT2D eigenvalue weighted by molar-refractivity contribution is -0.235. The van der Waals surface area contributed by atoms with Gasteiger partial charge in [0.05, 0.1) is 13.2 Å². The van der Waals surface area contributed by atoms with Crippen molar-refractivity contribution in [1.82, 2.24) is 0 Å². The van der Waals surface area contributed by atoms with Crippen LogP contribution in [-0.2, 0) is 32.5 Å². The average Bonchev–Trinajstić information content (AvgIpc) is 2.19. The molecule has 6 N–H and O–H groups in total. The molecule has 12 nitrogen and oxygen atoms in total. The van der Waals surface area contributed by atoms with Crippen LogP contribution in [0.4, 0.5) is 0 Å². The van der Waals surface area contributed by atoms with E-state index in [-0.39, 0.29) is 13.2 Å². The Kier molecular flexibility index (Phi) is 8.40. The van der Waals surface area contributed by atoms with Crippen LogP contribution in [0.2, 0.25) is 0 Å². The zero-order chi connectivity index (χ0) is 15.1.